The molecule has 0 amide bonds. The van der Waals surface area contributed by atoms with Crippen molar-refractivity contribution in [2.75, 3.05) is 13.7 Å². The molecule has 0 aromatic heterocycles. The number of ether oxygens (including phenoxy) is 1. The van der Waals surface area contributed by atoms with E-state index in [0.717, 1.165) is 25.3 Å². The van der Waals surface area contributed by atoms with Crippen molar-refractivity contribution < 1.29 is 4.74 Å². The first-order chi connectivity index (χ1) is 7.77. The Hall–Kier alpha value is -1.28. The number of benzene rings is 1. The van der Waals surface area contributed by atoms with Crippen LogP contribution in [0.1, 0.15) is 24.5 Å². The van der Waals surface area contributed by atoms with Crippen LogP contribution in [0.5, 0.6) is 5.75 Å². The van der Waals surface area contributed by atoms with Gasteiger partial charge in [0, 0.05) is 12.1 Å². The summed E-state index contributed by atoms with van der Waals surface area (Å²) in [6, 6.07) is 6.27. The zero-order valence-corrected chi connectivity index (χ0v) is 10.4. The summed E-state index contributed by atoms with van der Waals surface area (Å²) in [5.41, 5.74) is 2.49. The van der Waals surface area contributed by atoms with E-state index in [1.54, 1.807) is 7.11 Å². The van der Waals surface area contributed by atoms with Crippen molar-refractivity contribution in [2.45, 2.75) is 26.8 Å². The Kier molecular flexibility index (Phi) is 5.65. The lowest BCUT2D eigenvalue weighted by molar-refractivity contribution is 0.407. The number of aryl methyl sites for hydroxylation is 1. The second-order valence-electron chi connectivity index (χ2n) is 3.85. The molecule has 0 atom stereocenters. The van der Waals surface area contributed by atoms with Crippen molar-refractivity contribution in [3.63, 3.8) is 0 Å². The van der Waals surface area contributed by atoms with Crippen molar-refractivity contribution in [3.05, 3.63) is 41.5 Å². The van der Waals surface area contributed by atoms with Crippen molar-refractivity contribution in [3.8, 4) is 5.75 Å². The van der Waals surface area contributed by atoms with E-state index in [-0.39, 0.29) is 0 Å². The predicted octanol–water partition coefficient (Wildman–Crippen LogP) is 3.06. The molecule has 1 aromatic carbocycles. The van der Waals surface area contributed by atoms with Crippen LogP contribution in [-0.2, 0) is 6.54 Å². The van der Waals surface area contributed by atoms with Gasteiger partial charge in [-0.2, -0.15) is 0 Å². The molecule has 0 fully saturated rings. The van der Waals surface area contributed by atoms with Crippen LogP contribution in [0, 0.1) is 6.92 Å². The Morgan fingerprint density at radius 3 is 2.88 bits per heavy atom. The van der Waals surface area contributed by atoms with E-state index < -0.39 is 0 Å². The van der Waals surface area contributed by atoms with Crippen LogP contribution >= 0.6 is 0 Å². The minimum atomic E-state index is 0.863. The summed E-state index contributed by atoms with van der Waals surface area (Å²) in [5, 5.41) is 3.41. The second-order valence-corrected chi connectivity index (χ2v) is 3.85. The summed E-state index contributed by atoms with van der Waals surface area (Å²) >= 11 is 0. The molecule has 16 heavy (non-hydrogen) atoms. The van der Waals surface area contributed by atoms with Crippen LogP contribution in [0.15, 0.2) is 30.4 Å². The fraction of sp³-hybridized carbons (Fsp3) is 0.429. The Bertz CT molecular complexity index is 345. The van der Waals surface area contributed by atoms with Crippen molar-refractivity contribution in [1.29, 1.82) is 0 Å². The smallest absolute Gasteiger partial charge is 0.123 e. The molecular weight excluding hydrogens is 198 g/mol. The van der Waals surface area contributed by atoms with Gasteiger partial charge in [-0.3, -0.25) is 0 Å². The molecule has 0 radical (unpaired) electrons. The zero-order valence-electron chi connectivity index (χ0n) is 10.4. The van der Waals surface area contributed by atoms with Gasteiger partial charge in [0.2, 0.25) is 0 Å². The monoisotopic (exact) mass is 219 g/mol. The molecule has 2 nitrogen and oxygen atoms in total. The number of rotatable bonds is 6. The molecular formula is C14H21NO. The average Bonchev–Trinajstić information content (AvgIpc) is 2.29. The van der Waals surface area contributed by atoms with Gasteiger partial charge in [-0.15, -0.1) is 0 Å². The van der Waals surface area contributed by atoms with Crippen LogP contribution in [0.3, 0.4) is 0 Å². The molecule has 0 saturated carbocycles. The van der Waals surface area contributed by atoms with Crippen LogP contribution in [0.2, 0.25) is 0 Å². The number of hydrogen-bond donors (Lipinski definition) is 1. The fourth-order valence-electron chi connectivity index (χ4n) is 1.62. The maximum Gasteiger partial charge on any atom is 0.123 e. The van der Waals surface area contributed by atoms with Crippen LogP contribution < -0.4 is 10.1 Å². The van der Waals surface area contributed by atoms with E-state index in [4.69, 9.17) is 4.74 Å². The average molecular weight is 219 g/mol. The molecule has 0 aliphatic carbocycles. The number of allylic oxidation sites excluding steroid dienone is 1. The van der Waals surface area contributed by atoms with Crippen molar-refractivity contribution >= 4 is 0 Å². The van der Waals surface area contributed by atoms with Crippen LogP contribution in [0.25, 0.3) is 0 Å². The minimum Gasteiger partial charge on any atom is -0.496 e. The summed E-state index contributed by atoms with van der Waals surface area (Å²) in [5.74, 6) is 0.962. The summed E-state index contributed by atoms with van der Waals surface area (Å²) in [6.45, 7) is 6.01. The maximum absolute atomic E-state index is 5.32. The molecule has 1 rings (SSSR count). The van der Waals surface area contributed by atoms with Crippen LogP contribution in [-0.4, -0.2) is 13.7 Å². The molecule has 2 heteroatoms. The first-order valence-electron chi connectivity index (χ1n) is 5.73. The fourth-order valence-corrected chi connectivity index (χ4v) is 1.62. The van der Waals surface area contributed by atoms with Gasteiger partial charge in [0.1, 0.15) is 5.75 Å². The Labute approximate surface area is 98.3 Å². The van der Waals surface area contributed by atoms with Gasteiger partial charge in [-0.05, 0) is 32.9 Å². The van der Waals surface area contributed by atoms with Gasteiger partial charge in [0.25, 0.3) is 0 Å². The summed E-state index contributed by atoms with van der Waals surface area (Å²) in [6.07, 6.45) is 5.32. The van der Waals surface area contributed by atoms with E-state index in [0.29, 0.717) is 0 Å². The molecule has 1 aromatic rings. The Morgan fingerprint density at radius 1 is 1.38 bits per heavy atom. The third-order valence-corrected chi connectivity index (χ3v) is 2.47. The lowest BCUT2D eigenvalue weighted by Crippen LogP contribution is -2.14. The number of nitrogens with one attached hydrogen (secondary N) is 1. The molecule has 0 aliphatic rings. The molecule has 0 unspecified atom stereocenters. The first kappa shape index (κ1) is 12.8. The molecule has 0 spiro atoms. The largest absolute Gasteiger partial charge is 0.496 e. The lowest BCUT2D eigenvalue weighted by Gasteiger charge is -2.10. The molecule has 1 N–H and O–H groups in total. The molecule has 0 bridgehead atoms. The highest BCUT2D eigenvalue weighted by atomic mass is 16.5. The normalized spacial score (nSPS) is 10.9. The zero-order chi connectivity index (χ0) is 11.8. The van der Waals surface area contributed by atoms with Gasteiger partial charge in [-0.1, -0.05) is 29.8 Å². The van der Waals surface area contributed by atoms with E-state index in [1.807, 2.05) is 13.0 Å². The third kappa shape index (κ3) is 4.07. The Balaban J connectivity index is 2.48. The highest BCUT2D eigenvalue weighted by Gasteiger charge is 2.01. The minimum absolute atomic E-state index is 0.863. The third-order valence-electron chi connectivity index (χ3n) is 2.47. The topological polar surface area (TPSA) is 21.3 Å². The van der Waals surface area contributed by atoms with Gasteiger partial charge in [0.15, 0.2) is 0 Å². The van der Waals surface area contributed by atoms with Gasteiger partial charge in [0.05, 0.1) is 7.11 Å². The predicted molar refractivity (Wildman–Crippen MR) is 68.9 cm³/mol. The summed E-state index contributed by atoms with van der Waals surface area (Å²) in [7, 11) is 1.72. The standard InChI is InChI=1S/C14H21NO/c1-4-5-6-9-15-11-13-10-12(2)7-8-14(13)16-3/h4-5,7-8,10,15H,6,9,11H2,1-3H3/b5-4+. The van der Waals surface area contributed by atoms with E-state index >= 15 is 0 Å². The van der Waals surface area contributed by atoms with Gasteiger partial charge < -0.3 is 10.1 Å². The van der Waals surface area contributed by atoms with Crippen molar-refractivity contribution in [1.82, 2.24) is 5.32 Å². The molecule has 0 saturated heterocycles. The molecule has 0 heterocycles. The summed E-state index contributed by atoms with van der Waals surface area (Å²) in [4.78, 5) is 0. The second kappa shape index (κ2) is 7.07. The molecule has 88 valence electrons. The number of methoxy groups -OCH3 is 1. The highest BCUT2D eigenvalue weighted by Crippen LogP contribution is 2.19. The maximum atomic E-state index is 5.32. The van der Waals surface area contributed by atoms with Crippen LogP contribution in [0.4, 0.5) is 0 Å². The van der Waals surface area contributed by atoms with Crippen molar-refractivity contribution in [2.24, 2.45) is 0 Å². The lowest BCUT2D eigenvalue weighted by atomic mass is 10.1. The van der Waals surface area contributed by atoms with E-state index in [9.17, 15) is 0 Å². The number of hydrogen-bond acceptors (Lipinski definition) is 2. The van der Waals surface area contributed by atoms with Gasteiger partial charge >= 0.3 is 0 Å². The van der Waals surface area contributed by atoms with E-state index in [2.05, 4.69) is 36.5 Å². The molecule has 0 aliphatic heterocycles. The SMILES string of the molecule is C/C=C/CCNCc1cc(C)ccc1OC. The quantitative estimate of drug-likeness (QED) is 0.586. The Morgan fingerprint density at radius 2 is 2.19 bits per heavy atom. The van der Waals surface area contributed by atoms with Gasteiger partial charge in [-0.25, -0.2) is 0 Å². The summed E-state index contributed by atoms with van der Waals surface area (Å²) < 4.78 is 5.32. The first-order valence-corrected chi connectivity index (χ1v) is 5.73. The highest BCUT2D eigenvalue weighted by molar-refractivity contribution is 5.36. The van der Waals surface area contributed by atoms with E-state index in [1.165, 1.54) is 11.1 Å².